The van der Waals surface area contributed by atoms with E-state index in [0.29, 0.717) is 12.5 Å². The van der Waals surface area contributed by atoms with Gasteiger partial charge in [0.2, 0.25) is 0 Å². The smallest absolute Gasteiger partial charge is 0.325 e. The first-order valence-corrected chi connectivity index (χ1v) is 5.32. The van der Waals surface area contributed by atoms with Crippen LogP contribution in [-0.4, -0.2) is 41.1 Å². The first kappa shape index (κ1) is 11.8. The Balaban J connectivity index is 2.37. The second-order valence-corrected chi connectivity index (χ2v) is 3.99. The molecule has 5 heteroatoms. The third kappa shape index (κ3) is 3.77. The molecular weight excluding hydrogens is 196 g/mol. The highest BCUT2D eigenvalue weighted by Crippen LogP contribution is 2.29. The molecule has 2 amide bonds. The molecule has 1 aliphatic carbocycles. The lowest BCUT2D eigenvalue weighted by atomic mass is 10.3. The van der Waals surface area contributed by atoms with Gasteiger partial charge in [-0.15, -0.1) is 0 Å². The van der Waals surface area contributed by atoms with Crippen LogP contribution in [0.4, 0.5) is 4.79 Å². The number of hydrogen-bond donors (Lipinski definition) is 2. The summed E-state index contributed by atoms with van der Waals surface area (Å²) in [5.41, 5.74) is 0. The van der Waals surface area contributed by atoms with E-state index in [1.165, 1.54) is 19.8 Å². The molecule has 0 aromatic rings. The molecule has 0 heterocycles. The van der Waals surface area contributed by atoms with Crippen molar-refractivity contribution in [1.29, 1.82) is 0 Å². The maximum atomic E-state index is 11.6. The van der Waals surface area contributed by atoms with E-state index in [4.69, 9.17) is 5.11 Å². The van der Waals surface area contributed by atoms with Crippen LogP contribution in [0.15, 0.2) is 0 Å². The zero-order valence-electron chi connectivity index (χ0n) is 9.19. The van der Waals surface area contributed by atoms with E-state index in [1.807, 2.05) is 6.92 Å². The Morgan fingerprint density at radius 3 is 2.53 bits per heavy atom. The summed E-state index contributed by atoms with van der Waals surface area (Å²) >= 11 is 0. The van der Waals surface area contributed by atoms with Crippen LogP contribution in [0.5, 0.6) is 0 Å². The average molecular weight is 214 g/mol. The highest BCUT2D eigenvalue weighted by Gasteiger charge is 2.27. The van der Waals surface area contributed by atoms with Gasteiger partial charge < -0.3 is 15.3 Å². The van der Waals surface area contributed by atoms with Gasteiger partial charge >= 0.3 is 12.0 Å². The number of nitrogens with one attached hydrogen (secondary N) is 1. The Labute approximate surface area is 89.4 Å². The summed E-state index contributed by atoms with van der Waals surface area (Å²) in [7, 11) is 0. The van der Waals surface area contributed by atoms with Crippen LogP contribution < -0.4 is 5.32 Å². The van der Waals surface area contributed by atoms with Gasteiger partial charge in [0.15, 0.2) is 0 Å². The molecule has 0 radical (unpaired) electrons. The second kappa shape index (κ2) is 5.00. The molecule has 0 aliphatic heterocycles. The van der Waals surface area contributed by atoms with Crippen LogP contribution in [0, 0.1) is 5.92 Å². The maximum absolute atomic E-state index is 11.6. The van der Waals surface area contributed by atoms with Gasteiger partial charge in [0.05, 0.1) is 0 Å². The van der Waals surface area contributed by atoms with Crippen LogP contribution in [0.3, 0.4) is 0 Å². The SMILES string of the molecule is CCN(CC1CC1)C(=O)N[C@@H](C)C(=O)O. The van der Waals surface area contributed by atoms with Crippen LogP contribution in [0.2, 0.25) is 0 Å². The number of carboxylic acid groups (broad SMARTS) is 1. The summed E-state index contributed by atoms with van der Waals surface area (Å²) in [5, 5.41) is 11.1. The number of hydrogen-bond acceptors (Lipinski definition) is 2. The number of nitrogens with zero attached hydrogens (tertiary/aromatic N) is 1. The van der Waals surface area contributed by atoms with E-state index in [2.05, 4.69) is 5.32 Å². The van der Waals surface area contributed by atoms with Crippen molar-refractivity contribution in [3.63, 3.8) is 0 Å². The van der Waals surface area contributed by atoms with Crippen molar-refractivity contribution in [3.05, 3.63) is 0 Å². The lowest BCUT2D eigenvalue weighted by Crippen LogP contribution is -2.47. The minimum atomic E-state index is -1.01. The Bertz CT molecular complexity index is 251. The van der Waals surface area contributed by atoms with E-state index in [0.717, 1.165) is 6.54 Å². The van der Waals surface area contributed by atoms with E-state index in [-0.39, 0.29) is 6.03 Å². The summed E-state index contributed by atoms with van der Waals surface area (Å²) in [6.07, 6.45) is 2.36. The zero-order valence-corrected chi connectivity index (χ0v) is 9.19. The maximum Gasteiger partial charge on any atom is 0.325 e. The van der Waals surface area contributed by atoms with Gasteiger partial charge in [-0.25, -0.2) is 4.79 Å². The molecule has 1 rings (SSSR count). The van der Waals surface area contributed by atoms with Gasteiger partial charge in [-0.1, -0.05) is 0 Å². The van der Waals surface area contributed by atoms with Crippen LogP contribution in [0.1, 0.15) is 26.7 Å². The molecule has 1 aliphatic rings. The molecule has 1 fully saturated rings. The minimum absolute atomic E-state index is 0.278. The monoisotopic (exact) mass is 214 g/mol. The number of carbonyl (C=O) groups is 2. The number of urea groups is 1. The molecule has 0 bridgehead atoms. The molecule has 0 saturated heterocycles. The quantitative estimate of drug-likeness (QED) is 0.714. The van der Waals surface area contributed by atoms with Crippen molar-refractivity contribution < 1.29 is 14.7 Å². The van der Waals surface area contributed by atoms with Gasteiger partial charge in [-0.3, -0.25) is 4.79 Å². The first-order chi connectivity index (χ1) is 7.04. The molecule has 86 valence electrons. The van der Waals surface area contributed by atoms with Crippen molar-refractivity contribution in [3.8, 4) is 0 Å². The second-order valence-electron chi connectivity index (χ2n) is 3.99. The molecule has 0 aromatic carbocycles. The van der Waals surface area contributed by atoms with E-state index >= 15 is 0 Å². The Kier molecular flexibility index (Phi) is 3.94. The summed E-state index contributed by atoms with van der Waals surface area (Å²) in [4.78, 5) is 23.8. The Morgan fingerprint density at radius 1 is 1.53 bits per heavy atom. The van der Waals surface area contributed by atoms with Gasteiger partial charge in [-0.05, 0) is 32.6 Å². The van der Waals surface area contributed by atoms with Crippen molar-refractivity contribution in [1.82, 2.24) is 10.2 Å². The normalized spacial score (nSPS) is 16.9. The molecule has 15 heavy (non-hydrogen) atoms. The average Bonchev–Trinajstić information content (AvgIpc) is 2.97. The summed E-state index contributed by atoms with van der Waals surface area (Å²) in [6.45, 7) is 4.72. The zero-order chi connectivity index (χ0) is 11.4. The fourth-order valence-corrected chi connectivity index (χ4v) is 1.31. The van der Waals surface area contributed by atoms with Gasteiger partial charge in [-0.2, -0.15) is 0 Å². The lowest BCUT2D eigenvalue weighted by molar-refractivity contribution is -0.138. The van der Waals surface area contributed by atoms with E-state index in [9.17, 15) is 9.59 Å². The third-order valence-electron chi connectivity index (χ3n) is 2.55. The van der Waals surface area contributed by atoms with Gasteiger partial charge in [0, 0.05) is 13.1 Å². The predicted molar refractivity (Wildman–Crippen MR) is 55.6 cm³/mol. The molecule has 0 unspecified atom stereocenters. The Hall–Kier alpha value is -1.26. The lowest BCUT2D eigenvalue weighted by Gasteiger charge is -2.22. The van der Waals surface area contributed by atoms with E-state index in [1.54, 1.807) is 4.90 Å². The minimum Gasteiger partial charge on any atom is -0.480 e. The number of carbonyl (C=O) groups excluding carboxylic acids is 1. The standard InChI is InChI=1S/C10H18N2O3/c1-3-12(6-8-4-5-8)10(15)11-7(2)9(13)14/h7-8H,3-6H2,1-2H3,(H,11,15)(H,13,14)/t7-/m0/s1. The predicted octanol–water partition coefficient (Wildman–Crippen LogP) is 0.901. The van der Waals surface area contributed by atoms with Crippen LogP contribution >= 0.6 is 0 Å². The largest absolute Gasteiger partial charge is 0.480 e. The highest BCUT2D eigenvalue weighted by molar-refractivity contribution is 5.82. The molecule has 0 aromatic heterocycles. The summed E-state index contributed by atoms with van der Waals surface area (Å²) in [6, 6.07) is -1.11. The molecule has 0 spiro atoms. The van der Waals surface area contributed by atoms with Crippen molar-refractivity contribution in [2.24, 2.45) is 5.92 Å². The van der Waals surface area contributed by atoms with Gasteiger partial charge in [0.1, 0.15) is 6.04 Å². The number of carboxylic acids is 1. The van der Waals surface area contributed by atoms with E-state index < -0.39 is 12.0 Å². The Morgan fingerprint density at radius 2 is 2.13 bits per heavy atom. The molecule has 1 atom stereocenters. The molecule has 5 nitrogen and oxygen atoms in total. The number of amides is 2. The highest BCUT2D eigenvalue weighted by atomic mass is 16.4. The van der Waals surface area contributed by atoms with Crippen molar-refractivity contribution in [2.75, 3.05) is 13.1 Å². The van der Waals surface area contributed by atoms with Crippen molar-refractivity contribution >= 4 is 12.0 Å². The topological polar surface area (TPSA) is 69.6 Å². The fraction of sp³-hybridized carbons (Fsp3) is 0.800. The first-order valence-electron chi connectivity index (χ1n) is 5.32. The van der Waals surface area contributed by atoms with Crippen LogP contribution in [0.25, 0.3) is 0 Å². The van der Waals surface area contributed by atoms with Crippen molar-refractivity contribution in [2.45, 2.75) is 32.7 Å². The molecule has 2 N–H and O–H groups in total. The van der Waals surface area contributed by atoms with Gasteiger partial charge in [0.25, 0.3) is 0 Å². The fourth-order valence-electron chi connectivity index (χ4n) is 1.31. The number of rotatable bonds is 5. The molecular formula is C10H18N2O3. The molecule has 1 saturated carbocycles. The third-order valence-corrected chi connectivity index (χ3v) is 2.55. The number of aliphatic carboxylic acids is 1. The summed E-state index contributed by atoms with van der Waals surface area (Å²) < 4.78 is 0. The summed E-state index contributed by atoms with van der Waals surface area (Å²) in [5.74, 6) is -0.387. The van der Waals surface area contributed by atoms with Crippen LogP contribution in [-0.2, 0) is 4.79 Å².